The maximum atomic E-state index is 13.1. The molecule has 2 rings (SSSR count). The second-order valence-corrected chi connectivity index (χ2v) is 8.61. The van der Waals surface area contributed by atoms with Gasteiger partial charge in [0.15, 0.2) is 0 Å². The molecule has 0 radical (unpaired) electrons. The molecule has 2 heterocycles. The fraction of sp³-hybridized carbons (Fsp3) is 0.750. The van der Waals surface area contributed by atoms with Gasteiger partial charge in [-0.25, -0.2) is 10.4 Å². The van der Waals surface area contributed by atoms with Gasteiger partial charge in [0, 0.05) is 18.0 Å². The molecular weight excluding hydrogens is 417 g/mol. The van der Waals surface area contributed by atoms with E-state index in [4.69, 9.17) is 4.52 Å². The van der Waals surface area contributed by atoms with Crippen molar-refractivity contribution in [3.8, 4) is 0 Å². The SMILES string of the molecule is CCCC(C(=O)Nc1cc(C(C)(C)C)no1)N1CC(Br)C(C(F)(F)F)N1. The van der Waals surface area contributed by atoms with E-state index in [0.29, 0.717) is 18.5 Å². The minimum Gasteiger partial charge on any atom is -0.338 e. The number of nitrogens with zero attached hydrogens (tertiary/aromatic N) is 2. The van der Waals surface area contributed by atoms with Crippen LogP contribution in [0.4, 0.5) is 19.1 Å². The third kappa shape index (κ3) is 4.98. The van der Waals surface area contributed by atoms with Crippen molar-refractivity contribution in [2.24, 2.45) is 0 Å². The molecule has 1 amide bonds. The van der Waals surface area contributed by atoms with Gasteiger partial charge in [0.1, 0.15) is 12.1 Å². The zero-order chi connectivity index (χ0) is 19.7. The number of carbonyl (C=O) groups excluding carboxylic acids is 1. The molecule has 1 aliphatic rings. The van der Waals surface area contributed by atoms with E-state index in [2.05, 4.69) is 31.8 Å². The second kappa shape index (κ2) is 7.85. The third-order valence-corrected chi connectivity index (χ3v) is 4.97. The van der Waals surface area contributed by atoms with Crippen molar-refractivity contribution >= 4 is 27.7 Å². The average Bonchev–Trinajstić information content (AvgIpc) is 3.10. The van der Waals surface area contributed by atoms with Gasteiger partial charge in [-0.15, -0.1) is 0 Å². The van der Waals surface area contributed by atoms with Crippen molar-refractivity contribution in [3.63, 3.8) is 0 Å². The highest BCUT2D eigenvalue weighted by molar-refractivity contribution is 9.09. The smallest absolute Gasteiger partial charge is 0.338 e. The van der Waals surface area contributed by atoms with Crippen molar-refractivity contribution in [1.82, 2.24) is 15.6 Å². The summed E-state index contributed by atoms with van der Waals surface area (Å²) >= 11 is 3.06. The van der Waals surface area contributed by atoms with Gasteiger partial charge in [-0.2, -0.15) is 13.2 Å². The van der Waals surface area contributed by atoms with E-state index in [0.717, 1.165) is 0 Å². The van der Waals surface area contributed by atoms with Gasteiger partial charge < -0.3 is 4.52 Å². The molecule has 1 saturated heterocycles. The second-order valence-electron chi connectivity index (χ2n) is 7.44. The number of halogens is 4. The lowest BCUT2D eigenvalue weighted by atomic mass is 9.92. The van der Waals surface area contributed by atoms with Crippen molar-refractivity contribution in [2.45, 2.75) is 69.0 Å². The molecular formula is C16H24BrF3N4O2. The first-order chi connectivity index (χ1) is 11.9. The quantitative estimate of drug-likeness (QED) is 0.684. The Morgan fingerprint density at radius 1 is 1.50 bits per heavy atom. The van der Waals surface area contributed by atoms with Crippen LogP contribution < -0.4 is 10.7 Å². The first-order valence-corrected chi connectivity index (χ1v) is 9.36. The van der Waals surface area contributed by atoms with Crippen LogP contribution in [0.1, 0.15) is 46.2 Å². The molecule has 3 unspecified atom stereocenters. The molecule has 148 valence electrons. The number of aromatic nitrogens is 1. The maximum absolute atomic E-state index is 13.1. The number of hydrogen-bond donors (Lipinski definition) is 2. The van der Waals surface area contributed by atoms with Crippen LogP contribution in [0.3, 0.4) is 0 Å². The molecule has 1 aromatic rings. The normalized spacial score (nSPS) is 23.2. The van der Waals surface area contributed by atoms with Crippen LogP contribution in [-0.2, 0) is 10.2 Å². The minimum atomic E-state index is -4.40. The van der Waals surface area contributed by atoms with Gasteiger partial charge in [0.2, 0.25) is 11.8 Å². The molecule has 1 aromatic heterocycles. The van der Waals surface area contributed by atoms with Crippen LogP contribution in [0, 0.1) is 0 Å². The topological polar surface area (TPSA) is 70.4 Å². The summed E-state index contributed by atoms with van der Waals surface area (Å²) in [5.74, 6) is -0.249. The molecule has 2 N–H and O–H groups in total. The summed E-state index contributed by atoms with van der Waals surface area (Å²) in [6.45, 7) is 7.80. The van der Waals surface area contributed by atoms with Crippen molar-refractivity contribution in [2.75, 3.05) is 11.9 Å². The zero-order valence-electron chi connectivity index (χ0n) is 15.2. The number of hydrogen-bond acceptors (Lipinski definition) is 5. The first-order valence-electron chi connectivity index (χ1n) is 8.45. The summed E-state index contributed by atoms with van der Waals surface area (Å²) in [6.07, 6.45) is -3.35. The number of alkyl halides is 4. The molecule has 1 fully saturated rings. The van der Waals surface area contributed by atoms with Gasteiger partial charge >= 0.3 is 6.18 Å². The van der Waals surface area contributed by atoms with E-state index < -0.39 is 29.0 Å². The number of hydrazine groups is 1. The molecule has 26 heavy (non-hydrogen) atoms. The standard InChI is InChI=1S/C16H24BrF3N4O2/c1-5-6-10(24-8-9(17)13(22-24)16(18,19)20)14(25)21-12-7-11(23-26-12)15(2,3)4/h7,9-10,13,22H,5-6,8H2,1-4H3,(H,21,25). The van der Waals surface area contributed by atoms with Crippen LogP contribution in [0.15, 0.2) is 10.6 Å². The fourth-order valence-corrected chi connectivity index (χ4v) is 3.43. The largest absolute Gasteiger partial charge is 0.406 e. The van der Waals surface area contributed by atoms with Crippen LogP contribution >= 0.6 is 15.9 Å². The van der Waals surface area contributed by atoms with Crippen LogP contribution in [0.5, 0.6) is 0 Å². The molecule has 10 heteroatoms. The molecule has 6 nitrogen and oxygen atoms in total. The third-order valence-electron chi connectivity index (χ3n) is 4.16. The molecule has 0 spiro atoms. The Balaban J connectivity index is 2.09. The summed E-state index contributed by atoms with van der Waals surface area (Å²) in [6, 6.07) is -0.854. The Morgan fingerprint density at radius 3 is 2.62 bits per heavy atom. The van der Waals surface area contributed by atoms with Crippen molar-refractivity contribution in [3.05, 3.63) is 11.8 Å². The lowest BCUT2D eigenvalue weighted by Crippen LogP contribution is -2.52. The molecule has 0 bridgehead atoms. The van der Waals surface area contributed by atoms with E-state index in [1.807, 2.05) is 27.7 Å². The van der Waals surface area contributed by atoms with Gasteiger partial charge in [0.05, 0.1) is 10.5 Å². The summed E-state index contributed by atoms with van der Waals surface area (Å²) in [7, 11) is 0. The van der Waals surface area contributed by atoms with Crippen LogP contribution in [0.2, 0.25) is 0 Å². The van der Waals surface area contributed by atoms with E-state index in [1.54, 1.807) is 6.07 Å². The van der Waals surface area contributed by atoms with E-state index in [1.165, 1.54) is 5.01 Å². The average molecular weight is 441 g/mol. The van der Waals surface area contributed by atoms with Gasteiger partial charge in [-0.05, 0) is 6.42 Å². The van der Waals surface area contributed by atoms with Gasteiger partial charge in [-0.1, -0.05) is 55.2 Å². The van der Waals surface area contributed by atoms with E-state index in [9.17, 15) is 18.0 Å². The van der Waals surface area contributed by atoms with Gasteiger partial charge in [0.25, 0.3) is 0 Å². The van der Waals surface area contributed by atoms with E-state index in [-0.39, 0.29) is 17.8 Å². The fourth-order valence-electron chi connectivity index (χ4n) is 2.70. The Hall–Kier alpha value is -1.13. The number of anilines is 1. The summed E-state index contributed by atoms with van der Waals surface area (Å²) in [4.78, 5) is 11.8. The summed E-state index contributed by atoms with van der Waals surface area (Å²) in [5.41, 5.74) is 2.85. The highest BCUT2D eigenvalue weighted by Crippen LogP contribution is 2.31. The number of amides is 1. The Bertz CT molecular complexity index is 630. The Kier molecular flexibility index (Phi) is 6.40. The predicted molar refractivity (Wildman–Crippen MR) is 94.9 cm³/mol. The summed E-state index contributed by atoms with van der Waals surface area (Å²) in [5, 5.41) is 7.89. The summed E-state index contributed by atoms with van der Waals surface area (Å²) < 4.78 is 44.3. The van der Waals surface area contributed by atoms with Crippen molar-refractivity contribution < 1.29 is 22.5 Å². The number of rotatable bonds is 5. The molecule has 0 aliphatic carbocycles. The maximum Gasteiger partial charge on any atom is 0.406 e. The van der Waals surface area contributed by atoms with Crippen molar-refractivity contribution in [1.29, 1.82) is 0 Å². The Labute approximate surface area is 158 Å². The monoisotopic (exact) mass is 440 g/mol. The Morgan fingerprint density at radius 2 is 2.15 bits per heavy atom. The molecule has 0 saturated carbocycles. The number of nitrogens with one attached hydrogen (secondary N) is 2. The van der Waals surface area contributed by atoms with Crippen LogP contribution in [0.25, 0.3) is 0 Å². The number of carbonyl (C=O) groups is 1. The highest BCUT2D eigenvalue weighted by Gasteiger charge is 2.50. The first kappa shape index (κ1) is 21.2. The van der Waals surface area contributed by atoms with Crippen LogP contribution in [-0.4, -0.2) is 45.7 Å². The highest BCUT2D eigenvalue weighted by atomic mass is 79.9. The predicted octanol–water partition coefficient (Wildman–Crippen LogP) is 3.59. The lowest BCUT2D eigenvalue weighted by Gasteiger charge is -2.27. The van der Waals surface area contributed by atoms with Gasteiger partial charge in [-0.3, -0.25) is 10.1 Å². The molecule has 3 atom stereocenters. The zero-order valence-corrected chi connectivity index (χ0v) is 16.7. The molecule has 0 aromatic carbocycles. The molecule has 1 aliphatic heterocycles. The van der Waals surface area contributed by atoms with E-state index >= 15 is 0 Å². The lowest BCUT2D eigenvalue weighted by molar-refractivity contribution is -0.157. The minimum absolute atomic E-state index is 0.0614.